The van der Waals surface area contributed by atoms with E-state index in [4.69, 9.17) is 0 Å². The third-order valence-electron chi connectivity index (χ3n) is 2.71. The van der Waals surface area contributed by atoms with E-state index in [9.17, 15) is 65.3 Å². The molecule has 1 aliphatic rings. The molecule has 148 valence electrons. The van der Waals surface area contributed by atoms with Gasteiger partial charge in [0.2, 0.25) is 0 Å². The molecule has 1 saturated heterocycles. The average Bonchev–Trinajstić information content (AvgIpc) is 2.40. The van der Waals surface area contributed by atoms with Crippen molar-refractivity contribution in [3.8, 4) is 0 Å². The second-order valence-corrected chi connectivity index (χ2v) is 6.25. The molecule has 1 heterocycles. The van der Waals surface area contributed by atoms with Gasteiger partial charge in [0.15, 0.2) is 0 Å². The van der Waals surface area contributed by atoms with Crippen molar-refractivity contribution >= 4 is 7.99 Å². The minimum atomic E-state index is -10.4. The Morgan fingerprint density at radius 2 is 0.625 bits per heavy atom. The molecular formula is C6HF15O2P-. The third kappa shape index (κ3) is 2.58. The number of alkyl halides is 12. The number of hydrogen-bond donors (Lipinski definition) is 0. The average molecular weight is 421 g/mol. The molecule has 0 aromatic heterocycles. The first-order valence-electron chi connectivity index (χ1n) is 4.90. The van der Waals surface area contributed by atoms with Gasteiger partial charge in [0.1, 0.15) is 0 Å². The van der Waals surface area contributed by atoms with Crippen LogP contribution in [0.2, 0.25) is 0 Å². The molecule has 0 aliphatic carbocycles. The Labute approximate surface area is 119 Å². The van der Waals surface area contributed by atoms with E-state index in [2.05, 4.69) is 0 Å². The van der Waals surface area contributed by atoms with E-state index in [0.29, 0.717) is 0 Å². The molecule has 1 aliphatic heterocycles. The van der Waals surface area contributed by atoms with Gasteiger partial charge in [-0.3, -0.25) is 0 Å². The Morgan fingerprint density at radius 3 is 0.750 bits per heavy atom. The normalized spacial score (nSPS) is 28.2. The Bertz CT molecular complexity index is 442. The molecule has 24 heavy (non-hydrogen) atoms. The van der Waals surface area contributed by atoms with Crippen LogP contribution in [-0.2, 0) is 9.05 Å². The molecule has 0 radical (unpaired) electrons. The van der Waals surface area contributed by atoms with E-state index in [-0.39, 0.29) is 0 Å². The molecule has 0 spiro atoms. The van der Waals surface area contributed by atoms with Gasteiger partial charge in [-0.1, -0.05) is 0 Å². The summed E-state index contributed by atoms with van der Waals surface area (Å²) in [5.41, 5.74) is -15.6. The fourth-order valence-corrected chi connectivity index (χ4v) is 3.72. The fraction of sp³-hybridized carbons (Fsp3) is 1.00. The molecular weight excluding hydrogens is 420 g/mol. The summed E-state index contributed by atoms with van der Waals surface area (Å²) in [7, 11) is -10.4. The number of rotatable bonds is 0. The summed E-state index contributed by atoms with van der Waals surface area (Å²) < 4.78 is 192. The van der Waals surface area contributed by atoms with Crippen molar-refractivity contribution in [3.63, 3.8) is 0 Å². The Morgan fingerprint density at radius 1 is 0.458 bits per heavy atom. The molecule has 0 aromatic carbocycles. The van der Waals surface area contributed by atoms with Gasteiger partial charge in [-0.05, 0) is 0 Å². The summed E-state index contributed by atoms with van der Waals surface area (Å²) in [6, 6.07) is 0. The summed E-state index contributed by atoms with van der Waals surface area (Å²) in [5.74, 6) is 0. The van der Waals surface area contributed by atoms with Gasteiger partial charge in [-0.15, -0.1) is 0 Å². The topological polar surface area (TPSA) is 18.5 Å². The molecule has 18 heteroatoms. The quantitative estimate of drug-likeness (QED) is 0.379. The van der Waals surface area contributed by atoms with Gasteiger partial charge in [0.05, 0.1) is 0 Å². The van der Waals surface area contributed by atoms with E-state index in [1.54, 1.807) is 9.05 Å². The first-order valence-corrected chi connectivity index (χ1v) is 6.85. The molecule has 2 nitrogen and oxygen atoms in total. The monoisotopic (exact) mass is 421 g/mol. The van der Waals surface area contributed by atoms with E-state index in [1.807, 2.05) is 0 Å². The van der Waals surface area contributed by atoms with E-state index in [0.717, 1.165) is 0 Å². The fourth-order valence-electron chi connectivity index (χ4n) is 1.99. The molecule has 0 saturated carbocycles. The summed E-state index contributed by atoms with van der Waals surface area (Å²) in [5, 5.41) is 0. The van der Waals surface area contributed by atoms with Crippen molar-refractivity contribution in [1.29, 1.82) is 0 Å². The van der Waals surface area contributed by atoms with Crippen LogP contribution < -0.4 is 0 Å². The van der Waals surface area contributed by atoms with Gasteiger partial charge in [-0.2, -0.15) is 0 Å². The van der Waals surface area contributed by atoms with Crippen molar-refractivity contribution in [3.05, 3.63) is 0 Å². The summed E-state index contributed by atoms with van der Waals surface area (Å²) in [6.45, 7) is 0. The van der Waals surface area contributed by atoms with Crippen molar-refractivity contribution in [2.75, 3.05) is 0 Å². The summed E-state index contributed by atoms with van der Waals surface area (Å²) in [6.07, 6.45) is -31.4. The molecule has 1 rings (SSSR count). The van der Waals surface area contributed by atoms with Crippen LogP contribution in [0.25, 0.3) is 0 Å². The Hall–Kier alpha value is -0.700. The molecule has 0 atom stereocenters. The number of halogens is 15. The molecule has 0 N–H and O–H groups in total. The zero-order chi connectivity index (χ0) is 19.9. The van der Waals surface area contributed by atoms with Crippen LogP contribution in [0.4, 0.5) is 65.3 Å². The van der Waals surface area contributed by atoms with Gasteiger partial charge in [0.25, 0.3) is 0 Å². The van der Waals surface area contributed by atoms with Crippen molar-refractivity contribution in [2.45, 2.75) is 35.9 Å². The van der Waals surface area contributed by atoms with Crippen LogP contribution in [0, 0.1) is 0 Å². The second kappa shape index (κ2) is 4.52. The molecule has 1 fully saturated rings. The maximum atomic E-state index is 12.8. The van der Waals surface area contributed by atoms with Crippen LogP contribution >= 0.6 is 7.99 Å². The molecule has 0 aromatic rings. The Kier molecular flexibility index (Phi) is 4.02. The van der Waals surface area contributed by atoms with Gasteiger partial charge < -0.3 is 0 Å². The first kappa shape index (κ1) is 21.3. The van der Waals surface area contributed by atoms with Gasteiger partial charge in [-0.25, -0.2) is 0 Å². The van der Waals surface area contributed by atoms with E-state index >= 15 is 0 Å². The summed E-state index contributed by atoms with van der Waals surface area (Å²) >= 11 is 0. The summed E-state index contributed by atoms with van der Waals surface area (Å²) in [4.78, 5) is 0. The predicted molar refractivity (Wildman–Crippen MR) is 43.5 cm³/mol. The second-order valence-electron chi connectivity index (χ2n) is 4.32. The van der Waals surface area contributed by atoms with E-state index in [1.165, 1.54) is 0 Å². The van der Waals surface area contributed by atoms with Crippen LogP contribution in [0.3, 0.4) is 0 Å². The molecule has 0 bridgehead atoms. The van der Waals surface area contributed by atoms with Crippen molar-refractivity contribution < 1.29 is 74.3 Å². The third-order valence-corrected chi connectivity index (χ3v) is 3.96. The zero-order valence-electron chi connectivity index (χ0n) is 9.99. The van der Waals surface area contributed by atoms with Crippen molar-refractivity contribution in [1.82, 2.24) is 0 Å². The number of hydrogen-bond acceptors (Lipinski definition) is 2. The van der Waals surface area contributed by atoms with Crippen LogP contribution in [0.15, 0.2) is 0 Å². The van der Waals surface area contributed by atoms with Crippen LogP contribution in [0.1, 0.15) is 0 Å². The minimum absolute atomic E-state index is 1.56. The maximum absolute atomic E-state index is 12.8. The van der Waals surface area contributed by atoms with Crippen LogP contribution in [0.5, 0.6) is 0 Å². The van der Waals surface area contributed by atoms with Gasteiger partial charge in [0, 0.05) is 0 Å². The first-order chi connectivity index (χ1) is 9.93. The van der Waals surface area contributed by atoms with Gasteiger partial charge >= 0.3 is 118 Å². The van der Waals surface area contributed by atoms with Crippen molar-refractivity contribution in [2.24, 2.45) is 0 Å². The Balaban J connectivity index is 4.16. The zero-order valence-corrected chi connectivity index (χ0v) is 11.0. The molecule has 0 unspecified atom stereocenters. The molecule has 0 amide bonds. The SMILES string of the molecule is FC(F)(F)C1(C(F)(F)F)O[PH-](F)(F)(F)OC1(C(F)(F)F)C(F)(F)F. The predicted octanol–water partition coefficient (Wildman–Crippen LogP) is 5.53. The standard InChI is InChI=1S/C6HF15O2P/c7-3(8,9)1(4(10,11)12)2(5(13,14)15,6(16,17)18)23-24(19,20,21)22-1/h24H/q-1. The van der Waals surface area contributed by atoms with Crippen LogP contribution in [-0.4, -0.2) is 35.9 Å². The van der Waals surface area contributed by atoms with E-state index < -0.39 is 43.9 Å².